The van der Waals surface area contributed by atoms with Crippen LogP contribution in [-0.4, -0.2) is 73.5 Å². The Morgan fingerprint density at radius 3 is 2.66 bits per heavy atom. The third-order valence-corrected chi connectivity index (χ3v) is 7.98. The van der Waals surface area contributed by atoms with Crippen LogP contribution in [0.1, 0.15) is 34.3 Å². The normalized spacial score (nSPS) is 16.7. The molecule has 3 heterocycles. The number of hydrogen-bond acceptors (Lipinski definition) is 6. The number of likely N-dealkylation sites (N-methyl/N-ethyl adjacent to an activating group) is 1. The Labute approximate surface area is 237 Å². The molecule has 3 aromatic carbocycles. The van der Waals surface area contributed by atoms with Gasteiger partial charge in [0, 0.05) is 68.6 Å². The molecule has 0 aliphatic carbocycles. The summed E-state index contributed by atoms with van der Waals surface area (Å²) in [6.07, 6.45) is 1.96. The van der Waals surface area contributed by atoms with Crippen molar-refractivity contribution >= 4 is 34.0 Å². The topological polar surface area (TPSA) is 85.5 Å². The van der Waals surface area contributed by atoms with Gasteiger partial charge in [-0.05, 0) is 67.4 Å². The summed E-state index contributed by atoms with van der Waals surface area (Å²) in [5.41, 5.74) is 4.18. The molecule has 0 bridgehead atoms. The van der Waals surface area contributed by atoms with Crippen molar-refractivity contribution < 1.29 is 18.3 Å². The smallest absolute Gasteiger partial charge is 0.258 e. The molecule has 4 aromatic rings. The van der Waals surface area contributed by atoms with Gasteiger partial charge in [-0.25, -0.2) is 8.78 Å². The number of ether oxygens (including phenoxy) is 1. The second-order valence-electron chi connectivity index (χ2n) is 10.8. The maximum Gasteiger partial charge on any atom is 0.258 e. The number of aromatic nitrogens is 2. The van der Waals surface area contributed by atoms with E-state index in [1.54, 1.807) is 6.07 Å². The average Bonchev–Trinajstić information content (AvgIpc) is 3.38. The largest absolute Gasteiger partial charge is 0.381 e. The standard InChI is InChI=1S/C31H34F2N6O2/c1-38-11-13-39(14-12-38)23-6-7-24(28(19-23)34-22-9-15-41-16-10-22)31(40)35-30-25-18-20(5-8-27(25)36-37-30)17-21-3-2-4-26(32)29(21)33/h2-8,18-19,22,34H,9-17H2,1H3,(H2,35,36,37,40). The summed E-state index contributed by atoms with van der Waals surface area (Å²) in [5.74, 6) is -1.62. The number of amides is 1. The molecule has 41 heavy (non-hydrogen) atoms. The van der Waals surface area contributed by atoms with E-state index in [0.717, 1.165) is 67.5 Å². The van der Waals surface area contributed by atoms with Gasteiger partial charge < -0.3 is 25.2 Å². The van der Waals surface area contributed by atoms with Crippen LogP contribution in [0.3, 0.4) is 0 Å². The SMILES string of the molecule is CN1CCN(c2ccc(C(=O)Nc3n[nH]c4ccc(Cc5cccc(F)c5F)cc34)c(NC3CCOCC3)c2)CC1. The molecule has 0 unspecified atom stereocenters. The molecule has 6 rings (SSSR count). The van der Waals surface area contributed by atoms with E-state index in [0.29, 0.717) is 30.0 Å². The van der Waals surface area contributed by atoms with E-state index in [4.69, 9.17) is 4.74 Å². The zero-order chi connectivity index (χ0) is 28.3. The van der Waals surface area contributed by atoms with Gasteiger partial charge in [0.1, 0.15) is 0 Å². The molecule has 3 N–H and O–H groups in total. The van der Waals surface area contributed by atoms with Crippen LogP contribution in [-0.2, 0) is 11.2 Å². The number of aromatic amines is 1. The number of hydrogen-bond donors (Lipinski definition) is 3. The van der Waals surface area contributed by atoms with Crippen molar-refractivity contribution in [1.29, 1.82) is 0 Å². The summed E-state index contributed by atoms with van der Waals surface area (Å²) < 4.78 is 33.5. The number of carbonyl (C=O) groups excluding carboxylic acids is 1. The van der Waals surface area contributed by atoms with Gasteiger partial charge in [-0.15, -0.1) is 0 Å². The second kappa shape index (κ2) is 11.8. The Bertz CT molecular complexity index is 1540. The highest BCUT2D eigenvalue weighted by atomic mass is 19.2. The lowest BCUT2D eigenvalue weighted by molar-refractivity contribution is 0.0904. The van der Waals surface area contributed by atoms with E-state index in [2.05, 4.69) is 43.7 Å². The van der Waals surface area contributed by atoms with Gasteiger partial charge in [0.25, 0.3) is 5.91 Å². The minimum atomic E-state index is -0.872. The predicted molar refractivity (Wildman–Crippen MR) is 157 cm³/mol. The molecule has 2 aliphatic heterocycles. The number of benzene rings is 3. The molecular formula is C31H34F2N6O2. The fourth-order valence-electron chi connectivity index (χ4n) is 5.52. The van der Waals surface area contributed by atoms with E-state index in [1.807, 2.05) is 30.3 Å². The molecule has 10 heteroatoms. The third-order valence-electron chi connectivity index (χ3n) is 7.98. The summed E-state index contributed by atoms with van der Waals surface area (Å²) in [6.45, 7) is 5.23. The minimum Gasteiger partial charge on any atom is -0.381 e. The lowest BCUT2D eigenvalue weighted by atomic mass is 10.0. The summed E-state index contributed by atoms with van der Waals surface area (Å²) in [5, 5.41) is 14.6. The molecular weight excluding hydrogens is 526 g/mol. The first kappa shape index (κ1) is 27.2. The van der Waals surface area contributed by atoms with Crippen LogP contribution in [0.4, 0.5) is 26.0 Å². The number of rotatable bonds is 7. The number of nitrogens with zero attached hydrogens (tertiary/aromatic N) is 3. The molecule has 2 fully saturated rings. The first-order chi connectivity index (χ1) is 19.9. The second-order valence-corrected chi connectivity index (χ2v) is 10.8. The highest BCUT2D eigenvalue weighted by Gasteiger charge is 2.22. The van der Waals surface area contributed by atoms with Gasteiger partial charge >= 0.3 is 0 Å². The Kier molecular flexibility index (Phi) is 7.84. The van der Waals surface area contributed by atoms with Crippen LogP contribution in [0, 0.1) is 11.6 Å². The number of nitrogens with one attached hydrogen (secondary N) is 3. The van der Waals surface area contributed by atoms with E-state index in [9.17, 15) is 13.6 Å². The van der Waals surface area contributed by atoms with Crippen LogP contribution in [0.25, 0.3) is 10.9 Å². The number of anilines is 3. The van der Waals surface area contributed by atoms with E-state index >= 15 is 0 Å². The van der Waals surface area contributed by atoms with Crippen LogP contribution in [0.15, 0.2) is 54.6 Å². The summed E-state index contributed by atoms with van der Waals surface area (Å²) in [6, 6.07) is 15.8. The first-order valence-corrected chi connectivity index (χ1v) is 14.1. The average molecular weight is 561 g/mol. The minimum absolute atomic E-state index is 0.213. The van der Waals surface area contributed by atoms with Crippen LogP contribution in [0.5, 0.6) is 0 Å². The molecule has 8 nitrogen and oxygen atoms in total. The molecule has 0 spiro atoms. The van der Waals surface area contributed by atoms with Crippen LogP contribution >= 0.6 is 0 Å². The number of piperazine rings is 1. The maximum absolute atomic E-state index is 14.3. The molecule has 1 amide bonds. The molecule has 1 aromatic heterocycles. The summed E-state index contributed by atoms with van der Waals surface area (Å²) in [4.78, 5) is 18.3. The maximum atomic E-state index is 14.3. The van der Waals surface area contributed by atoms with Crippen molar-refractivity contribution in [2.24, 2.45) is 0 Å². The van der Waals surface area contributed by atoms with E-state index < -0.39 is 11.6 Å². The Morgan fingerprint density at radius 2 is 1.85 bits per heavy atom. The molecule has 0 atom stereocenters. The number of H-pyrrole nitrogens is 1. The van der Waals surface area contributed by atoms with Crippen molar-refractivity contribution in [3.05, 3.63) is 82.9 Å². The van der Waals surface area contributed by atoms with Gasteiger partial charge in [-0.3, -0.25) is 9.89 Å². The number of fused-ring (bicyclic) bond motifs is 1. The third kappa shape index (κ3) is 6.03. The quantitative estimate of drug-likeness (QED) is 0.294. The van der Waals surface area contributed by atoms with Gasteiger partial charge in [0.15, 0.2) is 17.5 Å². The fraction of sp³-hybridized carbons (Fsp3) is 0.355. The van der Waals surface area contributed by atoms with Gasteiger partial charge in [0.05, 0.1) is 11.1 Å². The van der Waals surface area contributed by atoms with Crippen molar-refractivity contribution in [3.63, 3.8) is 0 Å². The Morgan fingerprint density at radius 1 is 1.05 bits per heavy atom. The van der Waals surface area contributed by atoms with Gasteiger partial charge in [-0.2, -0.15) is 5.10 Å². The van der Waals surface area contributed by atoms with Crippen LogP contribution < -0.4 is 15.5 Å². The number of halogens is 2. The van der Waals surface area contributed by atoms with Crippen molar-refractivity contribution in [3.8, 4) is 0 Å². The Hall–Kier alpha value is -4.02. The monoisotopic (exact) mass is 560 g/mol. The molecule has 0 saturated carbocycles. The fourth-order valence-corrected chi connectivity index (χ4v) is 5.52. The highest BCUT2D eigenvalue weighted by Crippen LogP contribution is 2.29. The molecule has 0 radical (unpaired) electrons. The lowest BCUT2D eigenvalue weighted by Gasteiger charge is -2.34. The van der Waals surface area contributed by atoms with Crippen molar-refractivity contribution in [2.45, 2.75) is 25.3 Å². The molecule has 2 saturated heterocycles. The predicted octanol–water partition coefficient (Wildman–Crippen LogP) is 5.03. The zero-order valence-corrected chi connectivity index (χ0v) is 23.1. The Balaban J connectivity index is 1.26. The molecule has 214 valence electrons. The van der Waals surface area contributed by atoms with E-state index in [1.165, 1.54) is 6.07 Å². The molecule has 2 aliphatic rings. The first-order valence-electron chi connectivity index (χ1n) is 14.1. The zero-order valence-electron chi connectivity index (χ0n) is 23.1. The lowest BCUT2D eigenvalue weighted by Crippen LogP contribution is -2.44. The highest BCUT2D eigenvalue weighted by molar-refractivity contribution is 6.11. The van der Waals surface area contributed by atoms with Gasteiger partial charge in [0.2, 0.25) is 0 Å². The van der Waals surface area contributed by atoms with Crippen LogP contribution in [0.2, 0.25) is 0 Å². The van der Waals surface area contributed by atoms with E-state index in [-0.39, 0.29) is 23.9 Å². The van der Waals surface area contributed by atoms with Crippen molar-refractivity contribution in [1.82, 2.24) is 15.1 Å². The van der Waals surface area contributed by atoms with Gasteiger partial charge in [-0.1, -0.05) is 18.2 Å². The summed E-state index contributed by atoms with van der Waals surface area (Å²) >= 11 is 0. The number of carbonyl (C=O) groups is 1. The van der Waals surface area contributed by atoms with Crippen molar-refractivity contribution in [2.75, 3.05) is 62.0 Å². The summed E-state index contributed by atoms with van der Waals surface area (Å²) in [7, 11) is 2.13.